The Bertz CT molecular complexity index is 1140. The van der Waals surface area contributed by atoms with Crippen LogP contribution in [0.25, 0.3) is 33.6 Å². The van der Waals surface area contributed by atoms with Gasteiger partial charge in [-0.1, -0.05) is 30.3 Å². The molecule has 4 rings (SSSR count). The first kappa shape index (κ1) is 14.3. The van der Waals surface area contributed by atoms with Crippen LogP contribution in [0.15, 0.2) is 48.5 Å². The Hall–Kier alpha value is -3.32. The van der Waals surface area contributed by atoms with Crippen LogP contribution in [-0.2, 0) is 7.05 Å². The van der Waals surface area contributed by atoms with Crippen LogP contribution in [0.3, 0.4) is 0 Å². The van der Waals surface area contributed by atoms with Crippen molar-refractivity contribution in [3.8, 4) is 6.07 Å². The minimum Gasteiger partial charge on any atom is -0.358 e. The van der Waals surface area contributed by atoms with Crippen LogP contribution in [0.1, 0.15) is 17.1 Å². The third kappa shape index (κ3) is 2.10. The Morgan fingerprint density at radius 2 is 1.92 bits per heavy atom. The lowest BCUT2D eigenvalue weighted by Crippen LogP contribution is -1.96. The van der Waals surface area contributed by atoms with Crippen LogP contribution >= 0.6 is 0 Å². The number of nitrogens with one attached hydrogen (secondary N) is 1. The maximum atomic E-state index is 9.71. The van der Waals surface area contributed by atoms with Gasteiger partial charge in [0.1, 0.15) is 6.07 Å². The number of benzene rings is 2. The minimum absolute atomic E-state index is 0.557. The Balaban J connectivity index is 1.94. The van der Waals surface area contributed by atoms with Crippen LogP contribution in [0, 0.1) is 18.3 Å². The molecule has 0 radical (unpaired) electrons. The maximum Gasteiger partial charge on any atom is 0.151 e. The highest BCUT2D eigenvalue weighted by Gasteiger charge is 2.14. The Labute approximate surface area is 139 Å². The number of allylic oxidation sites excluding steroid dienone is 1. The zero-order chi connectivity index (χ0) is 16.7. The lowest BCUT2D eigenvalue weighted by atomic mass is 10.1. The van der Waals surface area contributed by atoms with Crippen molar-refractivity contribution >= 4 is 33.6 Å². The Kier molecular flexibility index (Phi) is 3.21. The number of hydrogen-bond acceptors (Lipinski definition) is 2. The van der Waals surface area contributed by atoms with E-state index in [1.54, 1.807) is 0 Å². The molecule has 1 N–H and O–H groups in total. The molecule has 0 aliphatic rings. The molecule has 2 aromatic carbocycles. The van der Waals surface area contributed by atoms with Gasteiger partial charge in [0.15, 0.2) is 5.82 Å². The molecule has 0 aliphatic heterocycles. The summed E-state index contributed by atoms with van der Waals surface area (Å²) >= 11 is 0. The normalized spacial score (nSPS) is 12.0. The van der Waals surface area contributed by atoms with Crippen LogP contribution < -0.4 is 0 Å². The summed E-state index contributed by atoms with van der Waals surface area (Å²) in [7, 11) is 1.94. The molecular weight excluding hydrogens is 296 g/mol. The smallest absolute Gasteiger partial charge is 0.151 e. The number of para-hydroxylation sites is 3. The molecule has 0 bridgehead atoms. The van der Waals surface area contributed by atoms with Crippen molar-refractivity contribution in [2.24, 2.45) is 7.05 Å². The zero-order valence-corrected chi connectivity index (χ0v) is 13.5. The molecule has 0 unspecified atom stereocenters. The van der Waals surface area contributed by atoms with E-state index in [-0.39, 0.29) is 0 Å². The van der Waals surface area contributed by atoms with Gasteiger partial charge in [0.25, 0.3) is 0 Å². The molecule has 4 aromatic rings. The predicted molar refractivity (Wildman–Crippen MR) is 97.2 cm³/mol. The zero-order valence-electron chi connectivity index (χ0n) is 13.5. The van der Waals surface area contributed by atoms with Gasteiger partial charge >= 0.3 is 0 Å². The number of aryl methyl sites for hydroxylation is 2. The first-order chi connectivity index (χ1) is 11.7. The molecule has 116 valence electrons. The predicted octanol–water partition coefficient (Wildman–Crippen LogP) is 4.43. The molecular formula is C20H16N4. The van der Waals surface area contributed by atoms with Gasteiger partial charge in [-0.15, -0.1) is 0 Å². The number of imidazole rings is 1. The van der Waals surface area contributed by atoms with E-state index in [1.165, 1.54) is 0 Å². The summed E-state index contributed by atoms with van der Waals surface area (Å²) in [6, 6.07) is 18.3. The van der Waals surface area contributed by atoms with Crippen LogP contribution in [0.4, 0.5) is 0 Å². The lowest BCUT2D eigenvalue weighted by molar-refractivity contribution is 0.925. The summed E-state index contributed by atoms with van der Waals surface area (Å²) in [5, 5.41) is 10.8. The number of fused-ring (bicyclic) bond motifs is 2. The van der Waals surface area contributed by atoms with Gasteiger partial charge in [-0.2, -0.15) is 5.26 Å². The van der Waals surface area contributed by atoms with Crippen molar-refractivity contribution in [1.29, 1.82) is 5.26 Å². The van der Waals surface area contributed by atoms with Gasteiger partial charge in [0, 0.05) is 29.2 Å². The van der Waals surface area contributed by atoms with Crippen molar-refractivity contribution < 1.29 is 0 Å². The fraction of sp³-hybridized carbons (Fsp3) is 0.100. The number of nitriles is 1. The molecule has 24 heavy (non-hydrogen) atoms. The molecule has 2 aromatic heterocycles. The SMILES string of the molecule is Cc1[nH]c2ccccc2c1/C=C(/C#N)c1nc2ccccc2n1C. The van der Waals surface area contributed by atoms with Gasteiger partial charge in [0.2, 0.25) is 0 Å². The fourth-order valence-electron chi connectivity index (χ4n) is 3.16. The average Bonchev–Trinajstić information content (AvgIpc) is 3.10. The molecule has 0 spiro atoms. The van der Waals surface area contributed by atoms with Crippen LogP contribution in [-0.4, -0.2) is 14.5 Å². The first-order valence-corrected chi connectivity index (χ1v) is 7.80. The summed E-state index contributed by atoms with van der Waals surface area (Å²) in [4.78, 5) is 8.00. The van der Waals surface area contributed by atoms with Crippen molar-refractivity contribution in [1.82, 2.24) is 14.5 Å². The van der Waals surface area contributed by atoms with Crippen LogP contribution in [0.5, 0.6) is 0 Å². The van der Waals surface area contributed by atoms with E-state index in [4.69, 9.17) is 0 Å². The van der Waals surface area contributed by atoms with Crippen molar-refractivity contribution in [2.45, 2.75) is 6.92 Å². The second-order valence-corrected chi connectivity index (χ2v) is 5.86. The van der Waals surface area contributed by atoms with E-state index < -0.39 is 0 Å². The number of rotatable bonds is 2. The summed E-state index contributed by atoms with van der Waals surface area (Å²) in [6.45, 7) is 2.02. The van der Waals surface area contributed by atoms with E-state index in [0.717, 1.165) is 33.2 Å². The Morgan fingerprint density at radius 1 is 1.17 bits per heavy atom. The van der Waals surface area contributed by atoms with E-state index in [1.807, 2.05) is 67.1 Å². The number of hydrogen-bond donors (Lipinski definition) is 1. The van der Waals surface area contributed by atoms with E-state index in [0.29, 0.717) is 11.4 Å². The number of aromatic nitrogens is 3. The number of nitrogens with zero attached hydrogens (tertiary/aromatic N) is 3. The van der Waals surface area contributed by atoms with Gasteiger partial charge in [-0.25, -0.2) is 4.98 Å². The first-order valence-electron chi connectivity index (χ1n) is 7.80. The highest BCUT2D eigenvalue weighted by molar-refractivity contribution is 5.98. The molecule has 0 fully saturated rings. The minimum atomic E-state index is 0.557. The monoisotopic (exact) mass is 312 g/mol. The second-order valence-electron chi connectivity index (χ2n) is 5.86. The highest BCUT2D eigenvalue weighted by atomic mass is 15.1. The summed E-state index contributed by atoms with van der Waals surface area (Å²) in [5.41, 5.74) is 5.62. The van der Waals surface area contributed by atoms with E-state index in [9.17, 15) is 5.26 Å². The summed E-state index contributed by atoms with van der Waals surface area (Å²) in [6.07, 6.45) is 1.93. The molecule has 4 nitrogen and oxygen atoms in total. The molecule has 0 amide bonds. The lowest BCUT2D eigenvalue weighted by Gasteiger charge is -2.01. The number of H-pyrrole nitrogens is 1. The van der Waals surface area contributed by atoms with E-state index >= 15 is 0 Å². The van der Waals surface area contributed by atoms with Crippen LogP contribution in [0.2, 0.25) is 0 Å². The second kappa shape index (κ2) is 5.39. The quantitative estimate of drug-likeness (QED) is 0.557. The summed E-state index contributed by atoms with van der Waals surface area (Å²) < 4.78 is 1.97. The summed E-state index contributed by atoms with van der Waals surface area (Å²) in [5.74, 6) is 0.684. The molecule has 2 heterocycles. The highest BCUT2D eigenvalue weighted by Crippen LogP contribution is 2.27. The standard InChI is InChI=1S/C20H16N4/c1-13-16(15-7-3-4-8-17(15)22-13)11-14(12-21)20-23-18-9-5-6-10-19(18)24(20)2/h3-11,22H,1-2H3/b14-11-. The van der Waals surface area contributed by atoms with Crippen molar-refractivity contribution in [3.05, 3.63) is 65.6 Å². The van der Waals surface area contributed by atoms with Gasteiger partial charge < -0.3 is 9.55 Å². The third-order valence-electron chi connectivity index (χ3n) is 4.38. The topological polar surface area (TPSA) is 57.4 Å². The third-order valence-corrected chi connectivity index (χ3v) is 4.38. The number of aromatic amines is 1. The molecule has 0 saturated carbocycles. The molecule has 0 saturated heterocycles. The van der Waals surface area contributed by atoms with Gasteiger partial charge in [-0.05, 0) is 31.2 Å². The van der Waals surface area contributed by atoms with E-state index in [2.05, 4.69) is 22.1 Å². The molecule has 0 aliphatic carbocycles. The largest absolute Gasteiger partial charge is 0.358 e. The Morgan fingerprint density at radius 3 is 2.71 bits per heavy atom. The maximum absolute atomic E-state index is 9.71. The fourth-order valence-corrected chi connectivity index (χ4v) is 3.16. The van der Waals surface area contributed by atoms with Gasteiger partial charge in [0.05, 0.1) is 16.6 Å². The van der Waals surface area contributed by atoms with Crippen molar-refractivity contribution in [3.63, 3.8) is 0 Å². The van der Waals surface area contributed by atoms with Gasteiger partial charge in [-0.3, -0.25) is 0 Å². The molecule has 0 atom stereocenters. The molecule has 4 heteroatoms. The average molecular weight is 312 g/mol. The van der Waals surface area contributed by atoms with Crippen molar-refractivity contribution in [2.75, 3.05) is 0 Å².